The predicted octanol–water partition coefficient (Wildman–Crippen LogP) is 1.98. The second kappa shape index (κ2) is 7.57. The van der Waals surface area contributed by atoms with Gasteiger partial charge in [-0.2, -0.15) is 0 Å². The van der Waals surface area contributed by atoms with Gasteiger partial charge in [-0.25, -0.2) is 4.98 Å². The molecule has 0 bridgehead atoms. The monoisotopic (exact) mass is 286 g/mol. The molecule has 0 fully saturated rings. The third-order valence-corrected chi connectivity index (χ3v) is 3.37. The highest BCUT2D eigenvalue weighted by Gasteiger charge is 2.09. The topological polar surface area (TPSA) is 59.8 Å². The van der Waals surface area contributed by atoms with E-state index in [1.807, 2.05) is 36.0 Å². The van der Waals surface area contributed by atoms with Gasteiger partial charge in [0, 0.05) is 50.2 Å². The Morgan fingerprint density at radius 1 is 1.43 bits per heavy atom. The van der Waals surface area contributed by atoms with Crippen LogP contribution in [-0.4, -0.2) is 26.5 Å². The molecule has 112 valence electrons. The average Bonchev–Trinajstić information content (AvgIpc) is 2.93. The van der Waals surface area contributed by atoms with E-state index in [0.717, 1.165) is 24.2 Å². The van der Waals surface area contributed by atoms with Crippen LogP contribution < -0.4 is 5.32 Å². The molecule has 0 aliphatic rings. The van der Waals surface area contributed by atoms with Crippen LogP contribution >= 0.6 is 0 Å². The van der Waals surface area contributed by atoms with E-state index in [1.165, 1.54) is 0 Å². The van der Waals surface area contributed by atoms with Crippen molar-refractivity contribution in [3.05, 3.63) is 48.3 Å². The summed E-state index contributed by atoms with van der Waals surface area (Å²) in [6, 6.07) is 4.04. The van der Waals surface area contributed by atoms with Gasteiger partial charge in [-0.3, -0.25) is 9.78 Å². The van der Waals surface area contributed by atoms with Crippen LogP contribution in [0.4, 0.5) is 0 Å². The van der Waals surface area contributed by atoms with Crippen LogP contribution in [0.15, 0.2) is 36.9 Å². The number of hydrogen-bond donors (Lipinski definition) is 1. The minimum Gasteiger partial charge on any atom is -0.353 e. The van der Waals surface area contributed by atoms with Crippen molar-refractivity contribution >= 4 is 5.91 Å². The third-order valence-electron chi connectivity index (χ3n) is 3.37. The highest BCUT2D eigenvalue weighted by atomic mass is 16.1. The number of carbonyl (C=O) groups excluding carboxylic acids is 1. The number of pyridine rings is 1. The number of nitrogens with one attached hydrogen (secondary N) is 1. The number of amides is 1. The molecule has 0 aliphatic carbocycles. The molecule has 0 saturated carbocycles. The lowest BCUT2D eigenvalue weighted by molar-refractivity contribution is -0.121. The van der Waals surface area contributed by atoms with Gasteiger partial charge < -0.3 is 9.88 Å². The smallest absolute Gasteiger partial charge is 0.222 e. The number of nitrogens with zero attached hydrogens (tertiary/aromatic N) is 3. The predicted molar refractivity (Wildman–Crippen MR) is 81.8 cm³/mol. The van der Waals surface area contributed by atoms with Crippen molar-refractivity contribution in [2.45, 2.75) is 45.7 Å². The molecular weight excluding hydrogens is 264 g/mol. The molecule has 0 spiro atoms. The summed E-state index contributed by atoms with van der Waals surface area (Å²) < 4.78 is 2.03. The van der Waals surface area contributed by atoms with Crippen molar-refractivity contribution < 1.29 is 4.79 Å². The van der Waals surface area contributed by atoms with Gasteiger partial charge in [0.05, 0.1) is 0 Å². The van der Waals surface area contributed by atoms with E-state index >= 15 is 0 Å². The Bertz CT molecular complexity index is 565. The minimum atomic E-state index is 0.0714. The number of aromatic nitrogens is 3. The van der Waals surface area contributed by atoms with Gasteiger partial charge in [-0.1, -0.05) is 13.0 Å². The van der Waals surface area contributed by atoms with Crippen molar-refractivity contribution in [1.82, 2.24) is 19.9 Å². The van der Waals surface area contributed by atoms with Gasteiger partial charge in [-0.15, -0.1) is 0 Å². The fraction of sp³-hybridized carbons (Fsp3) is 0.438. The standard InChI is InChI=1S/C16H22N4O/c1-3-15-18-8-10-20(15)9-6-16(21)19-13(2)11-14-5-4-7-17-12-14/h4-5,7-8,10,12-13H,3,6,9,11H2,1-2H3,(H,19,21)/t13-/m0/s1. The van der Waals surface area contributed by atoms with Crippen LogP contribution in [0.2, 0.25) is 0 Å². The Hall–Kier alpha value is -2.17. The highest BCUT2D eigenvalue weighted by Crippen LogP contribution is 2.03. The van der Waals surface area contributed by atoms with Gasteiger partial charge in [0.1, 0.15) is 5.82 Å². The molecule has 1 amide bonds. The zero-order chi connectivity index (χ0) is 15.1. The van der Waals surface area contributed by atoms with Crippen LogP contribution in [0, 0.1) is 0 Å². The number of imidazole rings is 1. The molecule has 2 rings (SSSR count). The Balaban J connectivity index is 1.76. The summed E-state index contributed by atoms with van der Waals surface area (Å²) >= 11 is 0. The molecule has 2 aromatic rings. The summed E-state index contributed by atoms with van der Waals surface area (Å²) in [7, 11) is 0. The lowest BCUT2D eigenvalue weighted by atomic mass is 10.1. The fourth-order valence-electron chi connectivity index (χ4n) is 2.35. The molecule has 5 nitrogen and oxygen atoms in total. The van der Waals surface area contributed by atoms with Crippen molar-refractivity contribution in [2.75, 3.05) is 0 Å². The molecule has 5 heteroatoms. The van der Waals surface area contributed by atoms with E-state index in [0.29, 0.717) is 13.0 Å². The van der Waals surface area contributed by atoms with E-state index in [2.05, 4.69) is 22.2 Å². The molecule has 21 heavy (non-hydrogen) atoms. The normalized spacial score (nSPS) is 12.1. The Labute approximate surface area is 125 Å². The Morgan fingerprint density at radius 3 is 3.00 bits per heavy atom. The summed E-state index contributed by atoms with van der Waals surface area (Å²) in [5.41, 5.74) is 1.13. The van der Waals surface area contributed by atoms with Crippen molar-refractivity contribution in [2.24, 2.45) is 0 Å². The lowest BCUT2D eigenvalue weighted by Crippen LogP contribution is -2.34. The maximum Gasteiger partial charge on any atom is 0.222 e. The molecule has 1 atom stereocenters. The first kappa shape index (κ1) is 15.2. The minimum absolute atomic E-state index is 0.0714. The summed E-state index contributed by atoms with van der Waals surface area (Å²) in [6.07, 6.45) is 9.44. The van der Waals surface area contributed by atoms with E-state index in [9.17, 15) is 4.79 Å². The first-order valence-electron chi connectivity index (χ1n) is 7.37. The summed E-state index contributed by atoms with van der Waals surface area (Å²) in [5, 5.41) is 3.03. The zero-order valence-corrected chi connectivity index (χ0v) is 12.6. The van der Waals surface area contributed by atoms with Crippen LogP contribution in [0.5, 0.6) is 0 Å². The lowest BCUT2D eigenvalue weighted by Gasteiger charge is -2.14. The summed E-state index contributed by atoms with van der Waals surface area (Å²) in [5.74, 6) is 1.09. The maximum absolute atomic E-state index is 12.0. The van der Waals surface area contributed by atoms with Gasteiger partial charge in [0.25, 0.3) is 0 Å². The molecule has 0 aliphatic heterocycles. The second-order valence-corrected chi connectivity index (χ2v) is 5.17. The van der Waals surface area contributed by atoms with Crippen molar-refractivity contribution in [3.8, 4) is 0 Å². The van der Waals surface area contributed by atoms with Gasteiger partial charge >= 0.3 is 0 Å². The molecule has 1 N–H and O–H groups in total. The van der Waals surface area contributed by atoms with Crippen LogP contribution in [0.3, 0.4) is 0 Å². The summed E-state index contributed by atoms with van der Waals surface area (Å²) in [6.45, 7) is 4.75. The fourth-order valence-corrected chi connectivity index (χ4v) is 2.35. The van der Waals surface area contributed by atoms with Gasteiger partial charge in [-0.05, 0) is 25.0 Å². The summed E-state index contributed by atoms with van der Waals surface area (Å²) in [4.78, 5) is 20.3. The Morgan fingerprint density at radius 2 is 2.29 bits per heavy atom. The molecule has 0 unspecified atom stereocenters. The molecule has 2 heterocycles. The SMILES string of the molecule is CCc1nccn1CCC(=O)N[C@@H](C)Cc1cccnc1. The first-order valence-corrected chi connectivity index (χ1v) is 7.37. The largest absolute Gasteiger partial charge is 0.353 e. The number of hydrogen-bond acceptors (Lipinski definition) is 3. The zero-order valence-electron chi connectivity index (χ0n) is 12.6. The number of aryl methyl sites for hydroxylation is 2. The van der Waals surface area contributed by atoms with Crippen LogP contribution in [-0.2, 0) is 24.2 Å². The number of carbonyl (C=O) groups is 1. The van der Waals surface area contributed by atoms with Gasteiger partial charge in [0.2, 0.25) is 5.91 Å². The second-order valence-electron chi connectivity index (χ2n) is 5.17. The third kappa shape index (κ3) is 4.70. The average molecular weight is 286 g/mol. The first-order chi connectivity index (χ1) is 10.2. The molecule has 0 radical (unpaired) electrons. The molecule has 0 aromatic carbocycles. The Kier molecular flexibility index (Phi) is 5.49. The van der Waals surface area contributed by atoms with Crippen LogP contribution in [0.1, 0.15) is 31.7 Å². The quantitative estimate of drug-likeness (QED) is 0.846. The van der Waals surface area contributed by atoms with Crippen LogP contribution in [0.25, 0.3) is 0 Å². The van der Waals surface area contributed by atoms with Crippen molar-refractivity contribution in [3.63, 3.8) is 0 Å². The number of rotatable bonds is 7. The van der Waals surface area contributed by atoms with Crippen molar-refractivity contribution in [1.29, 1.82) is 0 Å². The van der Waals surface area contributed by atoms with E-state index in [-0.39, 0.29) is 11.9 Å². The molecular formula is C16H22N4O. The molecule has 0 saturated heterocycles. The highest BCUT2D eigenvalue weighted by molar-refractivity contribution is 5.76. The maximum atomic E-state index is 12.0. The van der Waals surface area contributed by atoms with E-state index in [1.54, 1.807) is 12.4 Å². The van der Waals surface area contributed by atoms with E-state index in [4.69, 9.17) is 0 Å². The van der Waals surface area contributed by atoms with Gasteiger partial charge in [0.15, 0.2) is 0 Å². The van der Waals surface area contributed by atoms with E-state index < -0.39 is 0 Å². The molecule has 2 aromatic heterocycles.